The highest BCUT2D eigenvalue weighted by Crippen LogP contribution is 2.27. The van der Waals surface area contributed by atoms with Gasteiger partial charge in [-0.25, -0.2) is 12.7 Å². The molecule has 2 fully saturated rings. The maximum Gasteiger partial charge on any atom is 0.308 e. The highest BCUT2D eigenvalue weighted by Gasteiger charge is 2.36. The van der Waals surface area contributed by atoms with Gasteiger partial charge in [-0.3, -0.25) is 9.59 Å². The van der Waals surface area contributed by atoms with E-state index in [1.54, 1.807) is 0 Å². The summed E-state index contributed by atoms with van der Waals surface area (Å²) in [7, 11) is -3.19. The minimum Gasteiger partial charge on any atom is -0.481 e. The van der Waals surface area contributed by atoms with Crippen LogP contribution in [0.5, 0.6) is 0 Å². The van der Waals surface area contributed by atoms with Gasteiger partial charge in [0.05, 0.1) is 12.2 Å². The largest absolute Gasteiger partial charge is 0.481 e. The molecule has 1 aliphatic carbocycles. The normalized spacial score (nSPS) is 28.4. The molecule has 1 heterocycles. The summed E-state index contributed by atoms with van der Waals surface area (Å²) < 4.78 is 24.2. The van der Waals surface area contributed by atoms with E-state index in [0.29, 0.717) is 38.8 Å². The average Bonchev–Trinajstić information content (AvgIpc) is 2.86. The number of aliphatic carboxylic acids is 1. The van der Waals surface area contributed by atoms with Crippen LogP contribution in [0.2, 0.25) is 0 Å². The van der Waals surface area contributed by atoms with E-state index in [1.165, 1.54) is 10.6 Å². The lowest BCUT2D eigenvalue weighted by Crippen LogP contribution is -2.46. The molecule has 7 nitrogen and oxygen atoms in total. The molecule has 1 saturated carbocycles. The smallest absolute Gasteiger partial charge is 0.308 e. The van der Waals surface area contributed by atoms with Crippen LogP contribution >= 0.6 is 0 Å². The van der Waals surface area contributed by atoms with Crippen molar-refractivity contribution in [3.63, 3.8) is 0 Å². The lowest BCUT2D eigenvalue weighted by molar-refractivity contribution is -0.142. The zero-order chi connectivity index (χ0) is 15.6. The van der Waals surface area contributed by atoms with E-state index < -0.39 is 21.9 Å². The van der Waals surface area contributed by atoms with Crippen molar-refractivity contribution in [3.05, 3.63) is 0 Å². The Bertz CT molecular complexity index is 511. The third kappa shape index (κ3) is 3.94. The number of piperidine rings is 1. The molecule has 8 heteroatoms. The highest BCUT2D eigenvalue weighted by atomic mass is 32.2. The molecule has 2 unspecified atom stereocenters. The van der Waals surface area contributed by atoms with E-state index >= 15 is 0 Å². The number of nitrogens with zero attached hydrogens (tertiary/aromatic N) is 1. The standard InChI is InChI=1S/C13H22N2O5S/c1-21(19,20)15-7-5-9(6-8-15)12(16)14-11-4-2-3-10(11)13(17)18/h9-11H,2-8H2,1H3,(H,14,16)(H,17,18). The Morgan fingerprint density at radius 1 is 1.14 bits per heavy atom. The van der Waals surface area contributed by atoms with Crippen LogP contribution in [0.1, 0.15) is 32.1 Å². The second kappa shape index (κ2) is 6.31. The quantitative estimate of drug-likeness (QED) is 0.761. The summed E-state index contributed by atoms with van der Waals surface area (Å²) in [4.78, 5) is 23.3. The number of nitrogens with one attached hydrogen (secondary N) is 1. The molecule has 0 aromatic carbocycles. The Labute approximate surface area is 124 Å². The molecule has 0 aromatic heterocycles. The third-order valence-corrected chi connectivity index (χ3v) is 5.76. The lowest BCUT2D eigenvalue weighted by atomic mass is 9.95. The van der Waals surface area contributed by atoms with Gasteiger partial charge in [-0.15, -0.1) is 0 Å². The third-order valence-electron chi connectivity index (χ3n) is 4.45. The van der Waals surface area contributed by atoms with Crippen molar-refractivity contribution >= 4 is 21.9 Å². The van der Waals surface area contributed by atoms with Crippen molar-refractivity contribution in [1.29, 1.82) is 0 Å². The first kappa shape index (κ1) is 16.2. The number of rotatable bonds is 4. The molecular weight excluding hydrogens is 296 g/mol. The van der Waals surface area contributed by atoms with Crippen molar-refractivity contribution in [3.8, 4) is 0 Å². The van der Waals surface area contributed by atoms with Gasteiger partial charge in [0.1, 0.15) is 0 Å². The molecule has 2 aliphatic rings. The Balaban J connectivity index is 1.87. The topological polar surface area (TPSA) is 104 Å². The number of amides is 1. The van der Waals surface area contributed by atoms with Gasteiger partial charge in [-0.1, -0.05) is 6.42 Å². The maximum atomic E-state index is 12.2. The maximum absolute atomic E-state index is 12.2. The van der Waals surface area contributed by atoms with Crippen LogP contribution < -0.4 is 5.32 Å². The molecule has 21 heavy (non-hydrogen) atoms. The Hall–Kier alpha value is -1.15. The molecule has 2 N–H and O–H groups in total. The number of hydrogen-bond donors (Lipinski definition) is 2. The van der Waals surface area contributed by atoms with Gasteiger partial charge in [-0.2, -0.15) is 0 Å². The minimum absolute atomic E-state index is 0.138. The Kier molecular flexibility index (Phi) is 4.88. The summed E-state index contributed by atoms with van der Waals surface area (Å²) in [6.45, 7) is 0.702. The first-order valence-corrected chi connectivity index (χ1v) is 9.12. The monoisotopic (exact) mass is 318 g/mol. The van der Waals surface area contributed by atoms with Crippen molar-refractivity contribution in [1.82, 2.24) is 9.62 Å². The number of carbonyl (C=O) groups excluding carboxylic acids is 1. The van der Waals surface area contributed by atoms with E-state index in [1.807, 2.05) is 0 Å². The number of carbonyl (C=O) groups is 2. The molecular formula is C13H22N2O5S. The molecule has 0 spiro atoms. The fourth-order valence-corrected chi connectivity index (χ4v) is 4.05. The Morgan fingerprint density at radius 3 is 2.29 bits per heavy atom. The van der Waals surface area contributed by atoms with Crippen molar-refractivity contribution in [2.75, 3.05) is 19.3 Å². The highest BCUT2D eigenvalue weighted by molar-refractivity contribution is 7.88. The number of carboxylic acid groups (broad SMARTS) is 1. The van der Waals surface area contributed by atoms with Crippen molar-refractivity contribution < 1.29 is 23.1 Å². The SMILES string of the molecule is CS(=O)(=O)N1CCC(C(=O)NC2CCCC2C(=O)O)CC1. The van der Waals surface area contributed by atoms with Gasteiger partial charge in [0.15, 0.2) is 0 Å². The number of sulfonamides is 1. The second-order valence-corrected chi connectivity index (χ2v) is 7.91. The fraction of sp³-hybridized carbons (Fsp3) is 0.846. The van der Waals surface area contributed by atoms with Crippen LogP contribution in [0.15, 0.2) is 0 Å². The second-order valence-electron chi connectivity index (χ2n) is 5.93. The summed E-state index contributed by atoms with van der Waals surface area (Å²) in [5.41, 5.74) is 0. The minimum atomic E-state index is -3.19. The zero-order valence-corrected chi connectivity index (χ0v) is 12.9. The molecule has 0 bridgehead atoms. The van der Waals surface area contributed by atoms with E-state index in [2.05, 4.69) is 5.32 Å². The van der Waals surface area contributed by atoms with E-state index in [-0.39, 0.29) is 17.9 Å². The van der Waals surface area contributed by atoms with Gasteiger partial charge in [0, 0.05) is 25.0 Å². The number of hydrogen-bond acceptors (Lipinski definition) is 4. The predicted molar refractivity (Wildman–Crippen MR) is 76.0 cm³/mol. The van der Waals surface area contributed by atoms with Gasteiger partial charge in [0.25, 0.3) is 0 Å². The lowest BCUT2D eigenvalue weighted by Gasteiger charge is -2.30. The molecule has 0 radical (unpaired) electrons. The van der Waals surface area contributed by atoms with Crippen LogP contribution in [-0.4, -0.2) is 55.1 Å². The van der Waals surface area contributed by atoms with Gasteiger partial charge in [0.2, 0.25) is 15.9 Å². The predicted octanol–water partition coefficient (Wildman–Crippen LogP) is 0.0275. The summed E-state index contributed by atoms with van der Waals surface area (Å²) >= 11 is 0. The van der Waals surface area contributed by atoms with Crippen molar-refractivity contribution in [2.45, 2.75) is 38.1 Å². The van der Waals surface area contributed by atoms with Gasteiger partial charge >= 0.3 is 5.97 Å². The molecule has 1 saturated heterocycles. The zero-order valence-electron chi connectivity index (χ0n) is 12.1. The van der Waals surface area contributed by atoms with E-state index in [4.69, 9.17) is 5.11 Å². The van der Waals surface area contributed by atoms with Crippen molar-refractivity contribution in [2.24, 2.45) is 11.8 Å². The molecule has 2 rings (SSSR count). The van der Waals surface area contributed by atoms with E-state index in [9.17, 15) is 18.0 Å². The molecule has 1 amide bonds. The molecule has 120 valence electrons. The first-order chi connectivity index (χ1) is 9.79. The fourth-order valence-electron chi connectivity index (χ4n) is 3.18. The van der Waals surface area contributed by atoms with Gasteiger partial charge in [-0.05, 0) is 25.7 Å². The summed E-state index contributed by atoms with van der Waals surface area (Å²) in [6, 6.07) is -0.289. The molecule has 1 aliphatic heterocycles. The van der Waals surface area contributed by atoms with E-state index in [0.717, 1.165) is 6.42 Å². The van der Waals surface area contributed by atoms with Crippen LogP contribution in [0.25, 0.3) is 0 Å². The van der Waals surface area contributed by atoms with Crippen LogP contribution in [0.3, 0.4) is 0 Å². The Morgan fingerprint density at radius 2 is 1.76 bits per heavy atom. The van der Waals surface area contributed by atoms with Gasteiger partial charge < -0.3 is 10.4 Å². The summed E-state index contributed by atoms with van der Waals surface area (Å²) in [5, 5.41) is 12.0. The first-order valence-electron chi connectivity index (χ1n) is 7.27. The molecule has 0 aromatic rings. The van der Waals surface area contributed by atoms with Crippen LogP contribution in [-0.2, 0) is 19.6 Å². The number of carboxylic acids is 1. The summed E-state index contributed by atoms with van der Waals surface area (Å²) in [5.74, 6) is -1.71. The van der Waals surface area contributed by atoms with Crippen LogP contribution in [0, 0.1) is 11.8 Å². The summed E-state index contributed by atoms with van der Waals surface area (Å²) in [6.07, 6.45) is 4.27. The van der Waals surface area contributed by atoms with Crippen LogP contribution in [0.4, 0.5) is 0 Å². The molecule has 2 atom stereocenters. The average molecular weight is 318 g/mol.